The molecule has 4 aromatic rings. The lowest BCUT2D eigenvalue weighted by Gasteiger charge is -2.23. The predicted octanol–water partition coefficient (Wildman–Crippen LogP) is 3.91. The van der Waals surface area contributed by atoms with E-state index in [1.165, 1.54) is 17.0 Å². The molecule has 0 radical (unpaired) electrons. The lowest BCUT2D eigenvalue weighted by molar-refractivity contribution is -0.118. The van der Waals surface area contributed by atoms with Crippen molar-refractivity contribution in [1.82, 2.24) is 25.3 Å². The molecule has 0 aliphatic carbocycles. The number of nitrogens with one attached hydrogen (secondary N) is 2. The maximum Gasteiger partial charge on any atom is 0.240 e. The van der Waals surface area contributed by atoms with Crippen molar-refractivity contribution in [1.29, 1.82) is 0 Å². The first-order chi connectivity index (χ1) is 17.3. The van der Waals surface area contributed by atoms with Gasteiger partial charge in [-0.3, -0.25) is 4.79 Å². The number of tetrazole rings is 1. The van der Waals surface area contributed by atoms with Crippen LogP contribution in [-0.2, 0) is 21.4 Å². The maximum atomic E-state index is 14.4. The van der Waals surface area contributed by atoms with Crippen LogP contribution in [0.4, 0.5) is 10.1 Å². The van der Waals surface area contributed by atoms with Gasteiger partial charge in [-0.15, -0.1) is 5.10 Å². The molecule has 0 saturated heterocycles. The van der Waals surface area contributed by atoms with E-state index in [2.05, 4.69) is 25.3 Å². The summed E-state index contributed by atoms with van der Waals surface area (Å²) in [5.74, 6) is -0.398. The van der Waals surface area contributed by atoms with Gasteiger partial charge < -0.3 is 4.90 Å². The van der Waals surface area contributed by atoms with Crippen LogP contribution in [0.5, 0.6) is 0 Å². The van der Waals surface area contributed by atoms with Crippen LogP contribution in [0.25, 0.3) is 22.5 Å². The van der Waals surface area contributed by atoms with E-state index in [0.29, 0.717) is 23.6 Å². The smallest absolute Gasteiger partial charge is 0.240 e. The molecule has 0 spiro atoms. The standard InChI is InChI=1S/C25H25FN6O3S/c1-3-24(33)32(22-13-20(12-21(26)15-22)25-28-30-31-29-25)16-17-8-10-18(11-9-17)19-6-5-7-23(14-19)36(34,35)27-4-2/h5-15,27H,3-4,16H2,1-2H3,(H,28,29,30,31). The number of hydrogen-bond donors (Lipinski definition) is 2. The van der Waals surface area contributed by atoms with E-state index in [-0.39, 0.29) is 23.8 Å². The van der Waals surface area contributed by atoms with E-state index in [4.69, 9.17) is 0 Å². The van der Waals surface area contributed by atoms with Gasteiger partial charge in [-0.2, -0.15) is 0 Å². The lowest BCUT2D eigenvalue weighted by Crippen LogP contribution is -2.29. The third-order valence-corrected chi connectivity index (χ3v) is 7.07. The molecule has 0 atom stereocenters. The van der Waals surface area contributed by atoms with E-state index in [1.54, 1.807) is 38.1 Å². The van der Waals surface area contributed by atoms with Gasteiger partial charge in [0.15, 0.2) is 5.82 Å². The van der Waals surface area contributed by atoms with E-state index < -0.39 is 15.8 Å². The Morgan fingerprint density at radius 3 is 2.44 bits per heavy atom. The summed E-state index contributed by atoms with van der Waals surface area (Å²) in [6.07, 6.45) is 0.237. The molecule has 3 aromatic carbocycles. The molecule has 0 fully saturated rings. The van der Waals surface area contributed by atoms with E-state index >= 15 is 0 Å². The topological polar surface area (TPSA) is 121 Å². The third-order valence-electron chi connectivity index (χ3n) is 5.52. The average Bonchev–Trinajstić information content (AvgIpc) is 3.42. The Morgan fingerprint density at radius 1 is 1.00 bits per heavy atom. The monoisotopic (exact) mass is 508 g/mol. The minimum Gasteiger partial charge on any atom is -0.308 e. The highest BCUT2D eigenvalue weighted by atomic mass is 32.2. The molecule has 0 saturated carbocycles. The number of nitrogens with zero attached hydrogens (tertiary/aromatic N) is 4. The zero-order valence-corrected chi connectivity index (χ0v) is 20.6. The largest absolute Gasteiger partial charge is 0.308 e. The molecular weight excluding hydrogens is 483 g/mol. The quantitative estimate of drug-likeness (QED) is 0.354. The first-order valence-electron chi connectivity index (χ1n) is 11.3. The normalized spacial score (nSPS) is 11.4. The summed E-state index contributed by atoms with van der Waals surface area (Å²) in [5.41, 5.74) is 3.21. The molecule has 36 heavy (non-hydrogen) atoms. The van der Waals surface area contributed by atoms with Crippen molar-refractivity contribution >= 4 is 21.6 Å². The maximum absolute atomic E-state index is 14.4. The number of aromatic amines is 1. The van der Waals surface area contributed by atoms with Gasteiger partial charge in [0, 0.05) is 24.2 Å². The molecule has 9 nitrogen and oxygen atoms in total. The minimum atomic E-state index is -3.57. The molecular formula is C25H25FN6O3S. The van der Waals surface area contributed by atoms with Crippen LogP contribution in [0.1, 0.15) is 25.8 Å². The van der Waals surface area contributed by atoms with Gasteiger partial charge in [0.25, 0.3) is 0 Å². The molecule has 0 aliphatic heterocycles. The van der Waals surface area contributed by atoms with Crippen LogP contribution in [-0.4, -0.2) is 41.5 Å². The summed E-state index contributed by atoms with van der Waals surface area (Å²) in [5, 5.41) is 13.5. The van der Waals surface area contributed by atoms with E-state index in [1.807, 2.05) is 30.3 Å². The first-order valence-corrected chi connectivity index (χ1v) is 12.8. The van der Waals surface area contributed by atoms with E-state index in [0.717, 1.165) is 16.7 Å². The number of carbonyl (C=O) groups is 1. The number of amides is 1. The van der Waals surface area contributed by atoms with Crippen LogP contribution >= 0.6 is 0 Å². The Bertz CT molecular complexity index is 1460. The van der Waals surface area contributed by atoms with Crippen LogP contribution in [0.3, 0.4) is 0 Å². The first kappa shape index (κ1) is 25.1. The van der Waals surface area contributed by atoms with Crippen molar-refractivity contribution in [2.75, 3.05) is 11.4 Å². The van der Waals surface area contributed by atoms with Gasteiger partial charge in [0.05, 0.1) is 11.4 Å². The number of sulfonamides is 1. The number of aromatic nitrogens is 4. The summed E-state index contributed by atoms with van der Waals surface area (Å²) >= 11 is 0. The summed E-state index contributed by atoms with van der Waals surface area (Å²) in [7, 11) is -3.57. The number of H-pyrrole nitrogens is 1. The summed E-state index contributed by atoms with van der Waals surface area (Å²) in [4.78, 5) is 14.5. The highest BCUT2D eigenvalue weighted by Gasteiger charge is 2.18. The van der Waals surface area contributed by atoms with Crippen LogP contribution in [0.15, 0.2) is 71.6 Å². The average molecular weight is 509 g/mol. The number of benzene rings is 3. The van der Waals surface area contributed by atoms with Crippen LogP contribution in [0.2, 0.25) is 0 Å². The molecule has 11 heteroatoms. The van der Waals surface area contributed by atoms with Gasteiger partial charge in [0.2, 0.25) is 15.9 Å². The highest BCUT2D eigenvalue weighted by Crippen LogP contribution is 2.27. The number of halogens is 1. The lowest BCUT2D eigenvalue weighted by atomic mass is 10.0. The van der Waals surface area contributed by atoms with Crippen molar-refractivity contribution in [2.45, 2.75) is 31.7 Å². The molecule has 1 amide bonds. The predicted molar refractivity (Wildman–Crippen MR) is 134 cm³/mol. The molecule has 1 aromatic heterocycles. The van der Waals surface area contributed by atoms with Gasteiger partial charge in [0.1, 0.15) is 5.82 Å². The summed E-state index contributed by atoms with van der Waals surface area (Å²) in [6, 6.07) is 18.4. The Hall–Kier alpha value is -3.96. The molecule has 2 N–H and O–H groups in total. The Morgan fingerprint density at radius 2 is 1.78 bits per heavy atom. The minimum absolute atomic E-state index is 0.173. The van der Waals surface area contributed by atoms with Crippen LogP contribution < -0.4 is 9.62 Å². The number of rotatable bonds is 9. The SMILES string of the molecule is CCNS(=O)(=O)c1cccc(-c2ccc(CN(C(=O)CC)c3cc(F)cc(-c4nnn[nH]4)c3)cc2)c1. The number of carbonyl (C=O) groups excluding carboxylic acids is 1. The second-order valence-electron chi connectivity index (χ2n) is 8.01. The Balaban J connectivity index is 1.61. The molecule has 0 unspecified atom stereocenters. The van der Waals surface area contributed by atoms with Gasteiger partial charge in [-0.25, -0.2) is 22.6 Å². The molecule has 1 heterocycles. The van der Waals surface area contributed by atoms with Crippen molar-refractivity contribution < 1.29 is 17.6 Å². The second-order valence-corrected chi connectivity index (χ2v) is 9.77. The second kappa shape index (κ2) is 10.8. The van der Waals surface area contributed by atoms with Crippen molar-refractivity contribution in [3.8, 4) is 22.5 Å². The fourth-order valence-electron chi connectivity index (χ4n) is 3.76. The van der Waals surface area contributed by atoms with Gasteiger partial charge in [-0.05, 0) is 57.4 Å². The summed E-state index contributed by atoms with van der Waals surface area (Å²) in [6.45, 7) is 3.99. The Labute approximate surface area is 208 Å². The van der Waals surface area contributed by atoms with Crippen molar-refractivity contribution in [3.05, 3.63) is 78.1 Å². The molecule has 4 rings (SSSR count). The fraction of sp³-hybridized carbons (Fsp3) is 0.200. The zero-order chi connectivity index (χ0) is 25.7. The van der Waals surface area contributed by atoms with Crippen molar-refractivity contribution in [2.24, 2.45) is 0 Å². The van der Waals surface area contributed by atoms with Gasteiger partial charge in [-0.1, -0.05) is 50.2 Å². The molecule has 0 bridgehead atoms. The van der Waals surface area contributed by atoms with Crippen molar-refractivity contribution in [3.63, 3.8) is 0 Å². The van der Waals surface area contributed by atoms with Crippen LogP contribution in [0, 0.1) is 5.82 Å². The Kier molecular flexibility index (Phi) is 7.51. The number of hydrogen-bond acceptors (Lipinski definition) is 6. The highest BCUT2D eigenvalue weighted by molar-refractivity contribution is 7.89. The molecule has 186 valence electrons. The fourth-order valence-corrected chi connectivity index (χ4v) is 4.85. The molecule has 0 aliphatic rings. The summed E-state index contributed by atoms with van der Waals surface area (Å²) < 4.78 is 41.6. The van der Waals surface area contributed by atoms with Gasteiger partial charge >= 0.3 is 0 Å². The number of anilines is 1. The van der Waals surface area contributed by atoms with E-state index in [9.17, 15) is 17.6 Å². The third kappa shape index (κ3) is 5.64. The zero-order valence-electron chi connectivity index (χ0n) is 19.8.